The fourth-order valence-electron chi connectivity index (χ4n) is 1.34. The monoisotopic (exact) mass is 365 g/mol. The second-order valence-electron chi connectivity index (χ2n) is 3.62. The zero-order chi connectivity index (χ0) is 14.0. The molecule has 2 rings (SSSR count). The van der Waals surface area contributed by atoms with E-state index in [9.17, 15) is 8.42 Å². The summed E-state index contributed by atoms with van der Waals surface area (Å²) in [5.41, 5.74) is 0. The van der Waals surface area contributed by atoms with Gasteiger partial charge in [0, 0.05) is 17.7 Å². The Hall–Kier alpha value is -1.12. The van der Waals surface area contributed by atoms with Gasteiger partial charge in [-0.1, -0.05) is 0 Å². The lowest BCUT2D eigenvalue weighted by Crippen LogP contribution is -2.05. The highest BCUT2D eigenvalue weighted by Crippen LogP contribution is 2.29. The van der Waals surface area contributed by atoms with Crippen molar-refractivity contribution in [2.24, 2.45) is 7.05 Å². The van der Waals surface area contributed by atoms with Crippen LogP contribution in [-0.4, -0.2) is 23.2 Å². The molecule has 0 atom stereocenters. The number of ether oxygens (including phenoxy) is 1. The molecule has 0 radical (unpaired) electrons. The van der Waals surface area contributed by atoms with Gasteiger partial charge in [-0.15, -0.1) is 0 Å². The summed E-state index contributed by atoms with van der Waals surface area (Å²) < 4.78 is 29.9. The summed E-state index contributed by atoms with van der Waals surface area (Å²) in [6, 6.07) is 4.28. The number of halogens is 2. The van der Waals surface area contributed by atoms with Crippen LogP contribution in [0.3, 0.4) is 0 Å². The number of aryl methyl sites for hydroxylation is 1. The van der Waals surface area contributed by atoms with E-state index in [4.69, 9.17) is 15.4 Å². The van der Waals surface area contributed by atoms with E-state index < -0.39 is 9.05 Å². The van der Waals surface area contributed by atoms with Crippen LogP contribution in [0.2, 0.25) is 0 Å². The van der Waals surface area contributed by atoms with Crippen molar-refractivity contribution in [2.45, 2.75) is 11.5 Å². The third kappa shape index (κ3) is 3.46. The molecule has 0 aliphatic heterocycles. The SMILES string of the molecule is Cn1ncnc1COc1ccc(S(=O)(=O)Cl)cc1Br. The predicted octanol–water partition coefficient (Wildman–Crippen LogP) is 2.08. The van der Waals surface area contributed by atoms with Gasteiger partial charge in [-0.05, 0) is 34.1 Å². The lowest BCUT2D eigenvalue weighted by atomic mass is 10.3. The van der Waals surface area contributed by atoms with Gasteiger partial charge in [0.15, 0.2) is 5.82 Å². The number of benzene rings is 1. The Balaban J connectivity index is 2.16. The van der Waals surface area contributed by atoms with E-state index in [2.05, 4.69) is 26.0 Å². The van der Waals surface area contributed by atoms with E-state index in [0.29, 0.717) is 16.0 Å². The third-order valence-electron chi connectivity index (χ3n) is 2.35. The molecular weight excluding hydrogens is 358 g/mol. The van der Waals surface area contributed by atoms with Crippen molar-refractivity contribution >= 4 is 35.7 Å². The standard InChI is InChI=1S/C10H9BrClN3O3S/c1-15-10(13-6-14-15)5-18-9-3-2-7(4-8(9)11)19(12,16)17/h2-4,6H,5H2,1H3. The Labute approximate surface area is 122 Å². The highest BCUT2D eigenvalue weighted by molar-refractivity contribution is 9.10. The molecule has 0 aliphatic rings. The maximum Gasteiger partial charge on any atom is 0.261 e. The Morgan fingerprint density at radius 2 is 2.21 bits per heavy atom. The average Bonchev–Trinajstić information content (AvgIpc) is 2.72. The Bertz CT molecular complexity index is 702. The first-order valence-electron chi connectivity index (χ1n) is 5.08. The largest absolute Gasteiger partial charge is 0.484 e. The molecule has 0 unspecified atom stereocenters. The summed E-state index contributed by atoms with van der Waals surface area (Å²) >= 11 is 3.23. The van der Waals surface area contributed by atoms with Crippen molar-refractivity contribution in [1.29, 1.82) is 0 Å². The van der Waals surface area contributed by atoms with E-state index in [-0.39, 0.29) is 11.5 Å². The second kappa shape index (κ2) is 5.48. The number of hydrogen-bond acceptors (Lipinski definition) is 5. The summed E-state index contributed by atoms with van der Waals surface area (Å²) in [5.74, 6) is 1.15. The Kier molecular flexibility index (Phi) is 4.12. The highest BCUT2D eigenvalue weighted by Gasteiger charge is 2.13. The van der Waals surface area contributed by atoms with Crippen LogP contribution in [-0.2, 0) is 22.7 Å². The predicted molar refractivity (Wildman–Crippen MR) is 72.5 cm³/mol. The van der Waals surface area contributed by atoms with Crippen LogP contribution in [0, 0.1) is 0 Å². The van der Waals surface area contributed by atoms with Gasteiger partial charge >= 0.3 is 0 Å². The molecule has 0 saturated heterocycles. The smallest absolute Gasteiger partial charge is 0.261 e. The lowest BCUT2D eigenvalue weighted by Gasteiger charge is -2.08. The zero-order valence-electron chi connectivity index (χ0n) is 9.75. The molecule has 1 heterocycles. The molecule has 0 saturated carbocycles. The first-order valence-corrected chi connectivity index (χ1v) is 8.18. The van der Waals surface area contributed by atoms with E-state index in [1.54, 1.807) is 11.7 Å². The van der Waals surface area contributed by atoms with Crippen molar-refractivity contribution in [2.75, 3.05) is 0 Å². The van der Waals surface area contributed by atoms with Crippen LogP contribution in [0.5, 0.6) is 5.75 Å². The summed E-state index contributed by atoms with van der Waals surface area (Å²) in [7, 11) is 3.26. The first kappa shape index (κ1) is 14.3. The summed E-state index contributed by atoms with van der Waals surface area (Å²) in [4.78, 5) is 4.02. The van der Waals surface area contributed by atoms with Gasteiger partial charge in [0.25, 0.3) is 9.05 Å². The van der Waals surface area contributed by atoms with Crippen LogP contribution < -0.4 is 4.74 Å². The minimum Gasteiger partial charge on any atom is -0.484 e. The topological polar surface area (TPSA) is 74.1 Å². The van der Waals surface area contributed by atoms with Crippen LogP contribution in [0.1, 0.15) is 5.82 Å². The lowest BCUT2D eigenvalue weighted by molar-refractivity contribution is 0.288. The van der Waals surface area contributed by atoms with Gasteiger partial charge in [0.1, 0.15) is 18.7 Å². The molecule has 0 aliphatic carbocycles. The van der Waals surface area contributed by atoms with Gasteiger partial charge < -0.3 is 4.74 Å². The van der Waals surface area contributed by atoms with Crippen molar-refractivity contribution in [3.63, 3.8) is 0 Å². The van der Waals surface area contributed by atoms with Crippen molar-refractivity contribution in [3.05, 3.63) is 34.8 Å². The molecule has 0 amide bonds. The van der Waals surface area contributed by atoms with Crippen LogP contribution in [0.25, 0.3) is 0 Å². The molecule has 6 nitrogen and oxygen atoms in total. The van der Waals surface area contributed by atoms with Crippen molar-refractivity contribution in [3.8, 4) is 5.75 Å². The van der Waals surface area contributed by atoms with E-state index in [1.807, 2.05) is 0 Å². The van der Waals surface area contributed by atoms with Gasteiger partial charge in [-0.2, -0.15) is 5.10 Å². The molecule has 9 heteroatoms. The molecule has 0 fully saturated rings. The fraction of sp³-hybridized carbons (Fsp3) is 0.200. The second-order valence-corrected chi connectivity index (χ2v) is 7.04. The number of hydrogen-bond donors (Lipinski definition) is 0. The third-order valence-corrected chi connectivity index (χ3v) is 4.32. The summed E-state index contributed by atoms with van der Waals surface area (Å²) in [6.45, 7) is 0.224. The molecule has 1 aromatic heterocycles. The van der Waals surface area contributed by atoms with Gasteiger partial charge in [0.2, 0.25) is 0 Å². The number of aromatic nitrogens is 3. The normalized spacial score (nSPS) is 11.5. The molecule has 2 aromatic rings. The van der Waals surface area contributed by atoms with Crippen LogP contribution in [0.15, 0.2) is 33.9 Å². The van der Waals surface area contributed by atoms with Gasteiger partial charge in [-0.3, -0.25) is 4.68 Å². The van der Waals surface area contributed by atoms with Gasteiger partial charge in [-0.25, -0.2) is 13.4 Å². The Morgan fingerprint density at radius 1 is 1.47 bits per heavy atom. The minimum atomic E-state index is -3.75. The highest BCUT2D eigenvalue weighted by atomic mass is 79.9. The molecule has 1 aromatic carbocycles. The van der Waals surface area contributed by atoms with Crippen LogP contribution >= 0.6 is 26.6 Å². The van der Waals surface area contributed by atoms with E-state index >= 15 is 0 Å². The van der Waals surface area contributed by atoms with E-state index in [1.165, 1.54) is 24.5 Å². The molecule has 19 heavy (non-hydrogen) atoms. The summed E-state index contributed by atoms with van der Waals surface area (Å²) in [6.07, 6.45) is 1.43. The minimum absolute atomic E-state index is 0.00653. The molecule has 0 N–H and O–H groups in total. The van der Waals surface area contributed by atoms with Crippen LogP contribution in [0.4, 0.5) is 0 Å². The first-order chi connectivity index (χ1) is 8.88. The molecule has 0 spiro atoms. The quantitative estimate of drug-likeness (QED) is 0.775. The molecular formula is C10H9BrClN3O3S. The van der Waals surface area contributed by atoms with E-state index in [0.717, 1.165) is 0 Å². The Morgan fingerprint density at radius 3 is 2.74 bits per heavy atom. The fourth-order valence-corrected chi connectivity index (χ4v) is 2.77. The number of nitrogens with zero attached hydrogens (tertiary/aromatic N) is 3. The van der Waals surface area contributed by atoms with Crippen molar-refractivity contribution in [1.82, 2.24) is 14.8 Å². The van der Waals surface area contributed by atoms with Gasteiger partial charge in [0.05, 0.1) is 9.37 Å². The molecule has 102 valence electrons. The average molecular weight is 367 g/mol. The van der Waals surface area contributed by atoms with Crippen molar-refractivity contribution < 1.29 is 13.2 Å². The molecule has 0 bridgehead atoms. The maximum absolute atomic E-state index is 11.2. The summed E-state index contributed by atoms with van der Waals surface area (Å²) in [5, 5.41) is 3.91. The number of rotatable bonds is 4. The zero-order valence-corrected chi connectivity index (χ0v) is 12.9. The maximum atomic E-state index is 11.2.